The first-order valence-electron chi connectivity index (χ1n) is 7.24. The summed E-state index contributed by atoms with van der Waals surface area (Å²) >= 11 is 6.06. The number of rotatable bonds is 6. The van der Waals surface area contributed by atoms with E-state index in [1.165, 1.54) is 0 Å². The third kappa shape index (κ3) is 3.17. The highest BCUT2D eigenvalue weighted by Gasteiger charge is 2.30. The van der Waals surface area contributed by atoms with Crippen LogP contribution in [-0.2, 0) is 10.3 Å². The maximum atomic E-state index is 8.92. The van der Waals surface area contributed by atoms with E-state index in [0.29, 0.717) is 11.0 Å². The Labute approximate surface area is 138 Å². The molecule has 0 N–H and O–H groups in total. The van der Waals surface area contributed by atoms with Gasteiger partial charge in [-0.05, 0) is 42.3 Å². The van der Waals surface area contributed by atoms with Crippen LogP contribution in [0.1, 0.15) is 25.3 Å². The van der Waals surface area contributed by atoms with E-state index in [1.54, 1.807) is 32.5 Å². The molecule has 0 aromatic carbocycles. The highest BCUT2D eigenvalue weighted by Crippen LogP contribution is 2.37. The molecule has 7 nitrogen and oxygen atoms in total. The van der Waals surface area contributed by atoms with Crippen LogP contribution >= 0.6 is 11.6 Å². The topological polar surface area (TPSA) is 93.0 Å². The standard InChI is InChI=1S/C15H16ClN5O2/c1-15(8-22-2,20-21-17)12-7-19-14(23-9-3-4-9)11-6-18-13(16)5-10(11)12/h5-7,9H,3-4,8H2,1-2H3. The second kappa shape index (κ2) is 6.20. The van der Waals surface area contributed by atoms with Crippen LogP contribution in [0.25, 0.3) is 21.2 Å². The molecule has 1 unspecified atom stereocenters. The van der Waals surface area contributed by atoms with Crippen molar-refractivity contribution in [2.24, 2.45) is 5.11 Å². The van der Waals surface area contributed by atoms with Gasteiger partial charge in [0.2, 0.25) is 5.88 Å². The summed E-state index contributed by atoms with van der Waals surface area (Å²) in [5.41, 5.74) is 8.73. The number of methoxy groups -OCH3 is 1. The van der Waals surface area contributed by atoms with Crippen molar-refractivity contribution >= 4 is 22.4 Å². The Morgan fingerprint density at radius 2 is 2.17 bits per heavy atom. The summed E-state index contributed by atoms with van der Waals surface area (Å²) in [7, 11) is 1.56. The van der Waals surface area contributed by atoms with E-state index in [4.69, 9.17) is 26.6 Å². The number of halogens is 1. The predicted molar refractivity (Wildman–Crippen MR) is 86.6 cm³/mol. The molecule has 23 heavy (non-hydrogen) atoms. The Bertz CT molecular complexity index is 789. The lowest BCUT2D eigenvalue weighted by Crippen LogP contribution is -2.25. The molecular weight excluding hydrogens is 318 g/mol. The summed E-state index contributed by atoms with van der Waals surface area (Å²) in [6.07, 6.45) is 5.58. The van der Waals surface area contributed by atoms with Crippen LogP contribution in [0.2, 0.25) is 5.15 Å². The first kappa shape index (κ1) is 15.8. The summed E-state index contributed by atoms with van der Waals surface area (Å²) in [4.78, 5) is 11.5. The summed E-state index contributed by atoms with van der Waals surface area (Å²) in [6.45, 7) is 2.01. The maximum absolute atomic E-state index is 8.92. The normalized spacial score (nSPS) is 16.7. The van der Waals surface area contributed by atoms with Gasteiger partial charge in [-0.2, -0.15) is 0 Å². The smallest absolute Gasteiger partial charge is 0.223 e. The van der Waals surface area contributed by atoms with Gasteiger partial charge in [-0.1, -0.05) is 16.7 Å². The van der Waals surface area contributed by atoms with Gasteiger partial charge < -0.3 is 9.47 Å². The van der Waals surface area contributed by atoms with Gasteiger partial charge in [0.15, 0.2) is 0 Å². The Hall–Kier alpha value is -2.08. The Morgan fingerprint density at radius 3 is 2.83 bits per heavy atom. The zero-order chi connectivity index (χ0) is 16.4. The van der Waals surface area contributed by atoms with Crippen molar-refractivity contribution in [2.75, 3.05) is 13.7 Å². The number of aromatic nitrogens is 2. The van der Waals surface area contributed by atoms with Crippen LogP contribution in [0.3, 0.4) is 0 Å². The molecule has 1 atom stereocenters. The Morgan fingerprint density at radius 1 is 1.39 bits per heavy atom. The molecule has 8 heteroatoms. The molecule has 0 radical (unpaired) electrons. The number of pyridine rings is 2. The minimum absolute atomic E-state index is 0.217. The predicted octanol–water partition coefficient (Wildman–Crippen LogP) is 4.00. The van der Waals surface area contributed by atoms with E-state index in [0.717, 1.165) is 29.2 Å². The highest BCUT2D eigenvalue weighted by molar-refractivity contribution is 6.30. The minimum atomic E-state index is -0.905. The molecule has 0 aliphatic heterocycles. The highest BCUT2D eigenvalue weighted by atomic mass is 35.5. The van der Waals surface area contributed by atoms with E-state index in [-0.39, 0.29) is 12.7 Å². The van der Waals surface area contributed by atoms with Crippen LogP contribution in [0.4, 0.5) is 0 Å². The fraction of sp³-hybridized carbons (Fsp3) is 0.467. The quantitative estimate of drug-likeness (QED) is 0.345. The van der Waals surface area contributed by atoms with E-state index in [9.17, 15) is 0 Å². The zero-order valence-electron chi connectivity index (χ0n) is 12.9. The lowest BCUT2D eigenvalue weighted by molar-refractivity contribution is 0.141. The van der Waals surface area contributed by atoms with E-state index < -0.39 is 5.54 Å². The summed E-state index contributed by atoms with van der Waals surface area (Å²) < 4.78 is 11.1. The molecule has 120 valence electrons. The number of azide groups is 1. The molecule has 0 spiro atoms. The number of ether oxygens (including phenoxy) is 2. The average Bonchev–Trinajstić information content (AvgIpc) is 3.31. The van der Waals surface area contributed by atoms with Gasteiger partial charge >= 0.3 is 0 Å². The van der Waals surface area contributed by atoms with Crippen molar-refractivity contribution in [2.45, 2.75) is 31.4 Å². The summed E-state index contributed by atoms with van der Waals surface area (Å²) in [6, 6.07) is 1.73. The zero-order valence-corrected chi connectivity index (χ0v) is 13.6. The van der Waals surface area contributed by atoms with Gasteiger partial charge in [0.05, 0.1) is 17.5 Å². The molecule has 2 aromatic rings. The molecule has 0 amide bonds. The number of hydrogen-bond donors (Lipinski definition) is 0. The van der Waals surface area contributed by atoms with Crippen molar-refractivity contribution < 1.29 is 9.47 Å². The Balaban J connectivity index is 2.20. The van der Waals surface area contributed by atoms with Crippen molar-refractivity contribution in [1.82, 2.24) is 9.97 Å². The fourth-order valence-electron chi connectivity index (χ4n) is 2.49. The van der Waals surface area contributed by atoms with Gasteiger partial charge in [-0.25, -0.2) is 9.97 Å². The van der Waals surface area contributed by atoms with Crippen molar-refractivity contribution in [3.05, 3.63) is 39.6 Å². The van der Waals surface area contributed by atoms with Gasteiger partial charge in [0.1, 0.15) is 11.3 Å². The van der Waals surface area contributed by atoms with Crippen LogP contribution in [0, 0.1) is 0 Å². The molecule has 2 aromatic heterocycles. The third-order valence-electron chi connectivity index (χ3n) is 3.78. The molecule has 0 saturated heterocycles. The van der Waals surface area contributed by atoms with Crippen molar-refractivity contribution in [3.8, 4) is 5.88 Å². The fourth-order valence-corrected chi connectivity index (χ4v) is 2.65. The van der Waals surface area contributed by atoms with Crippen LogP contribution in [-0.4, -0.2) is 29.8 Å². The second-order valence-electron chi connectivity index (χ2n) is 5.74. The van der Waals surface area contributed by atoms with Crippen molar-refractivity contribution in [1.29, 1.82) is 0 Å². The molecule has 3 rings (SSSR count). The molecule has 2 heterocycles. The van der Waals surface area contributed by atoms with E-state index in [1.807, 2.05) is 0 Å². The lowest BCUT2D eigenvalue weighted by atomic mass is 9.91. The summed E-state index contributed by atoms with van der Waals surface area (Å²) in [5, 5.41) is 5.80. The number of nitrogens with zero attached hydrogens (tertiary/aromatic N) is 5. The van der Waals surface area contributed by atoms with E-state index in [2.05, 4.69) is 20.0 Å². The van der Waals surface area contributed by atoms with Crippen LogP contribution in [0.15, 0.2) is 23.6 Å². The lowest BCUT2D eigenvalue weighted by Gasteiger charge is -2.25. The molecule has 1 saturated carbocycles. The molecule has 1 aliphatic carbocycles. The van der Waals surface area contributed by atoms with Gasteiger partial charge in [0, 0.05) is 24.4 Å². The van der Waals surface area contributed by atoms with Gasteiger partial charge in [-0.3, -0.25) is 0 Å². The minimum Gasteiger partial charge on any atom is -0.474 e. The molecular formula is C15H16ClN5O2. The maximum Gasteiger partial charge on any atom is 0.223 e. The van der Waals surface area contributed by atoms with E-state index >= 15 is 0 Å². The van der Waals surface area contributed by atoms with Gasteiger partial charge in [-0.15, -0.1) is 0 Å². The number of hydrogen-bond acceptors (Lipinski definition) is 5. The first-order valence-corrected chi connectivity index (χ1v) is 7.62. The van der Waals surface area contributed by atoms with Gasteiger partial charge in [0.25, 0.3) is 0 Å². The van der Waals surface area contributed by atoms with Crippen LogP contribution in [0.5, 0.6) is 5.88 Å². The third-order valence-corrected chi connectivity index (χ3v) is 3.98. The van der Waals surface area contributed by atoms with Crippen LogP contribution < -0.4 is 4.74 Å². The monoisotopic (exact) mass is 333 g/mol. The Kier molecular flexibility index (Phi) is 4.26. The molecule has 0 bridgehead atoms. The summed E-state index contributed by atoms with van der Waals surface area (Å²) in [5.74, 6) is 0.524. The SMILES string of the molecule is COCC(C)(N=[N+]=[N-])c1cnc(OC2CC2)c2cnc(Cl)cc12. The first-order chi connectivity index (χ1) is 11.1. The second-order valence-corrected chi connectivity index (χ2v) is 6.13. The average molecular weight is 334 g/mol. The molecule has 1 aliphatic rings. The van der Waals surface area contributed by atoms with Crippen molar-refractivity contribution in [3.63, 3.8) is 0 Å². The molecule has 1 fully saturated rings. The number of fused-ring (bicyclic) bond motifs is 1. The largest absolute Gasteiger partial charge is 0.474 e.